The number of nitrogens with two attached hydrogens (primary N) is 1. The number of aromatic nitrogens is 4. The van der Waals surface area contributed by atoms with Gasteiger partial charge in [-0.25, -0.2) is 28.6 Å². The number of thiol groups is 1. The molecule has 4 unspecified atom stereocenters. The van der Waals surface area contributed by atoms with Gasteiger partial charge in [0.2, 0.25) is 11.8 Å². The Bertz CT molecular complexity index is 1590. The van der Waals surface area contributed by atoms with E-state index in [1.54, 1.807) is 0 Å². The number of phosphoric ester groups is 3. The fourth-order valence-corrected chi connectivity index (χ4v) is 7.08. The number of nitrogens with one attached hydrogen (secondary N) is 2. The first-order chi connectivity index (χ1) is 22.2. The van der Waals surface area contributed by atoms with Crippen LogP contribution in [0.5, 0.6) is 0 Å². The molecule has 1 aliphatic heterocycles. The molecule has 2 aromatic heterocycles. The zero-order chi connectivity index (χ0) is 36.1. The van der Waals surface area contributed by atoms with Gasteiger partial charge < -0.3 is 50.9 Å². The molecular formula is C21H36N7O16P3S. The second-order valence-electron chi connectivity index (χ2n) is 10.8. The molecule has 0 saturated carbocycles. The number of phosphoric acid groups is 3. The summed E-state index contributed by atoms with van der Waals surface area (Å²) in [5.74, 6) is -0.943. The fraction of sp³-hybridized carbons (Fsp3) is 0.667. The van der Waals surface area contributed by atoms with E-state index >= 15 is 0 Å². The van der Waals surface area contributed by atoms with Crippen LogP contribution in [0, 0.1) is 5.41 Å². The Kier molecular flexibility index (Phi) is 13.7. The standard InChI is InChI=1S/C21H36N7O16P3S/c1-21(2,16(31)19(32)24-4-3-12(29)23-5-6-48)8-41-47(38,39)44-46(36,37)40-7-11-15(43-45(33,34)35)14(30)20(42-11)28-10-27-13-17(22)25-9-26-18(13)28/h9-11,14-16,20,30-31,48H,3-8H2,1-2H3,(H,23,29)(H,24,32)(H,36,37)(H,38,39)(H2,22,25,26)(H2,33,34,35)/t11-,14?,15?,16+,20-/m0/s1. The molecule has 2 aromatic rings. The number of aliphatic hydroxyl groups is 2. The zero-order valence-electron chi connectivity index (χ0n) is 25.2. The van der Waals surface area contributed by atoms with Gasteiger partial charge in [0.15, 0.2) is 17.7 Å². The van der Waals surface area contributed by atoms with Crippen LogP contribution in [0.2, 0.25) is 0 Å². The Morgan fingerprint density at radius 1 is 1.10 bits per heavy atom. The molecule has 2 amide bonds. The second-order valence-corrected chi connectivity index (χ2v) is 15.5. The van der Waals surface area contributed by atoms with Crippen molar-refractivity contribution in [2.45, 2.75) is 50.9 Å². The van der Waals surface area contributed by atoms with Crippen LogP contribution < -0.4 is 16.4 Å². The molecule has 1 saturated heterocycles. The highest BCUT2D eigenvalue weighted by atomic mass is 32.1. The third-order valence-corrected chi connectivity index (χ3v) is 9.83. The van der Waals surface area contributed by atoms with E-state index in [9.17, 15) is 53.1 Å². The molecule has 1 aliphatic rings. The fourth-order valence-electron chi connectivity index (χ4n) is 4.14. The lowest BCUT2D eigenvalue weighted by Gasteiger charge is -2.30. The van der Waals surface area contributed by atoms with Gasteiger partial charge in [0.1, 0.15) is 36.3 Å². The molecular weight excluding hydrogens is 731 g/mol. The van der Waals surface area contributed by atoms with Crippen molar-refractivity contribution in [2.75, 3.05) is 37.8 Å². The topological polar surface area (TPSA) is 347 Å². The minimum atomic E-state index is -5.54. The van der Waals surface area contributed by atoms with Crippen LogP contribution in [0.25, 0.3) is 11.2 Å². The number of anilines is 1. The molecule has 0 aliphatic carbocycles. The third-order valence-electron chi connectivity index (χ3n) is 6.51. The number of amides is 2. The molecule has 272 valence electrons. The first kappa shape index (κ1) is 40.3. The largest absolute Gasteiger partial charge is 0.481 e. The maximum absolute atomic E-state index is 12.6. The van der Waals surface area contributed by atoms with Crippen LogP contribution in [0.4, 0.5) is 5.82 Å². The lowest BCUT2D eigenvalue weighted by molar-refractivity contribution is -0.137. The highest BCUT2D eigenvalue weighted by Crippen LogP contribution is 2.61. The molecule has 0 aromatic carbocycles. The number of rotatable bonds is 18. The first-order valence-corrected chi connectivity index (χ1v) is 18.8. The Labute approximate surface area is 277 Å². The van der Waals surface area contributed by atoms with Gasteiger partial charge in [-0.3, -0.25) is 27.7 Å². The molecule has 23 nitrogen and oxygen atoms in total. The summed E-state index contributed by atoms with van der Waals surface area (Å²) >= 11 is 3.95. The molecule has 48 heavy (non-hydrogen) atoms. The van der Waals surface area contributed by atoms with Crippen LogP contribution in [-0.2, 0) is 45.9 Å². The number of imidazole rings is 1. The highest BCUT2D eigenvalue weighted by molar-refractivity contribution is 7.80. The number of hydrogen-bond donors (Lipinski definition) is 10. The van der Waals surface area contributed by atoms with Crippen LogP contribution >= 0.6 is 36.1 Å². The number of hydrogen-bond acceptors (Lipinski definition) is 17. The van der Waals surface area contributed by atoms with E-state index in [4.69, 9.17) is 19.5 Å². The number of carbonyl (C=O) groups excluding carboxylic acids is 2. The third kappa shape index (κ3) is 11.2. The summed E-state index contributed by atoms with van der Waals surface area (Å²) in [5.41, 5.74) is 4.30. The lowest BCUT2D eigenvalue weighted by Crippen LogP contribution is -2.46. The molecule has 10 N–H and O–H groups in total. The Morgan fingerprint density at radius 2 is 1.77 bits per heavy atom. The number of carbonyl (C=O) groups is 2. The van der Waals surface area contributed by atoms with E-state index in [0.717, 1.165) is 17.2 Å². The quantitative estimate of drug-likeness (QED) is 0.0599. The van der Waals surface area contributed by atoms with Crippen molar-refractivity contribution in [1.82, 2.24) is 30.2 Å². The van der Waals surface area contributed by atoms with E-state index in [1.165, 1.54) is 13.8 Å². The summed E-state index contributed by atoms with van der Waals surface area (Å²) in [6.07, 6.45) is -6.74. The highest BCUT2D eigenvalue weighted by Gasteiger charge is 2.50. The number of nitrogen functional groups attached to an aromatic ring is 1. The molecule has 0 radical (unpaired) electrons. The van der Waals surface area contributed by atoms with E-state index in [1.807, 2.05) is 0 Å². The molecule has 0 bridgehead atoms. The molecule has 7 atom stereocenters. The maximum Gasteiger partial charge on any atom is 0.481 e. The van der Waals surface area contributed by atoms with Crippen LogP contribution in [-0.4, -0.2) is 118 Å². The predicted molar refractivity (Wildman–Crippen MR) is 163 cm³/mol. The maximum atomic E-state index is 12.6. The average Bonchev–Trinajstić information content (AvgIpc) is 3.54. The summed E-state index contributed by atoms with van der Waals surface area (Å²) < 4.78 is 61.7. The normalized spacial score (nSPS) is 23.4. The summed E-state index contributed by atoms with van der Waals surface area (Å²) in [5, 5.41) is 26.1. The minimum Gasteiger partial charge on any atom is -0.386 e. The van der Waals surface area contributed by atoms with Crippen molar-refractivity contribution >= 4 is 64.9 Å². The van der Waals surface area contributed by atoms with Gasteiger partial charge in [-0.15, -0.1) is 0 Å². The van der Waals surface area contributed by atoms with Crippen molar-refractivity contribution in [1.29, 1.82) is 0 Å². The SMILES string of the molecule is CC(C)(COP(=O)(O)OP(=O)(O)OC[C@@H]1O[C@H](n2cnc3c(N)ncnc32)C(O)C1OP(=O)(O)O)[C@H](O)C(=O)NCCC(=O)NCCS. The van der Waals surface area contributed by atoms with Gasteiger partial charge in [0.05, 0.1) is 19.5 Å². The van der Waals surface area contributed by atoms with E-state index in [2.05, 4.69) is 47.0 Å². The predicted octanol–water partition coefficient (Wildman–Crippen LogP) is -1.67. The second kappa shape index (κ2) is 16.3. The van der Waals surface area contributed by atoms with Crippen LogP contribution in [0.1, 0.15) is 26.5 Å². The number of fused-ring (bicyclic) bond motifs is 1. The van der Waals surface area contributed by atoms with Gasteiger partial charge >= 0.3 is 23.5 Å². The van der Waals surface area contributed by atoms with Gasteiger partial charge in [-0.05, 0) is 0 Å². The Balaban J connectivity index is 1.61. The van der Waals surface area contributed by atoms with Gasteiger partial charge in [-0.1, -0.05) is 13.8 Å². The summed E-state index contributed by atoms with van der Waals surface area (Å²) in [4.78, 5) is 74.6. The van der Waals surface area contributed by atoms with Gasteiger partial charge in [0.25, 0.3) is 0 Å². The van der Waals surface area contributed by atoms with E-state index in [0.29, 0.717) is 12.3 Å². The molecule has 3 heterocycles. The van der Waals surface area contributed by atoms with Crippen LogP contribution in [0.15, 0.2) is 12.7 Å². The Morgan fingerprint density at radius 3 is 2.42 bits per heavy atom. The monoisotopic (exact) mass is 767 g/mol. The molecule has 1 fully saturated rings. The van der Waals surface area contributed by atoms with Gasteiger partial charge in [0, 0.05) is 30.7 Å². The van der Waals surface area contributed by atoms with E-state index in [-0.39, 0.29) is 35.9 Å². The molecule has 3 rings (SSSR count). The number of nitrogens with zero attached hydrogens (tertiary/aromatic N) is 4. The number of aliphatic hydroxyl groups excluding tert-OH is 2. The molecule has 0 spiro atoms. The van der Waals surface area contributed by atoms with Crippen molar-refractivity contribution in [3.63, 3.8) is 0 Å². The van der Waals surface area contributed by atoms with Gasteiger partial charge in [-0.2, -0.15) is 16.9 Å². The smallest absolute Gasteiger partial charge is 0.386 e. The summed E-state index contributed by atoms with van der Waals surface area (Å²) in [6.45, 7) is 0.723. The van der Waals surface area contributed by atoms with Crippen molar-refractivity contribution in [3.8, 4) is 0 Å². The van der Waals surface area contributed by atoms with Crippen molar-refractivity contribution < 1.29 is 75.7 Å². The average molecular weight is 768 g/mol. The summed E-state index contributed by atoms with van der Waals surface area (Å²) in [6, 6.07) is 0. The number of ether oxygens (including phenoxy) is 1. The van der Waals surface area contributed by atoms with Crippen molar-refractivity contribution in [3.05, 3.63) is 12.7 Å². The van der Waals surface area contributed by atoms with Crippen LogP contribution in [0.3, 0.4) is 0 Å². The van der Waals surface area contributed by atoms with Crippen molar-refractivity contribution in [2.24, 2.45) is 5.41 Å². The summed E-state index contributed by atoms with van der Waals surface area (Å²) in [7, 11) is -16.3. The van der Waals surface area contributed by atoms with E-state index < -0.39 is 78.6 Å². The Hall–Kier alpha value is -2.11. The first-order valence-electron chi connectivity index (χ1n) is 13.7. The zero-order valence-corrected chi connectivity index (χ0v) is 28.8. The minimum absolute atomic E-state index is 0.0363. The molecule has 27 heteroatoms. The lowest BCUT2D eigenvalue weighted by atomic mass is 9.87.